The zero-order valence-electron chi connectivity index (χ0n) is 8.12. The molecule has 0 bridgehead atoms. The monoisotopic (exact) mass is 235 g/mol. The lowest BCUT2D eigenvalue weighted by Gasteiger charge is -2.28. The third kappa shape index (κ3) is 1.85. The van der Waals surface area contributed by atoms with Crippen LogP contribution in [-0.2, 0) is 10.4 Å². The van der Waals surface area contributed by atoms with Gasteiger partial charge in [0.2, 0.25) is 0 Å². The smallest absolute Gasteiger partial charge is 0.378 e. The average Bonchev–Trinajstić information content (AvgIpc) is 2.17. The Morgan fingerprint density at radius 2 is 2.00 bits per heavy atom. The number of aromatic nitrogens is 1. The van der Waals surface area contributed by atoms with Gasteiger partial charge in [-0.1, -0.05) is 0 Å². The number of alkyl halides is 2. The second-order valence-corrected chi connectivity index (χ2v) is 3.31. The van der Waals surface area contributed by atoms with E-state index in [-0.39, 0.29) is 0 Å². The summed E-state index contributed by atoms with van der Waals surface area (Å²) in [4.78, 5) is 13.5. The van der Waals surface area contributed by atoms with Crippen molar-refractivity contribution in [2.24, 2.45) is 0 Å². The van der Waals surface area contributed by atoms with Crippen molar-refractivity contribution < 1.29 is 28.2 Å². The Morgan fingerprint density at radius 3 is 2.38 bits per heavy atom. The molecule has 7 heteroatoms. The minimum Gasteiger partial charge on any atom is -0.477 e. The molecule has 0 saturated carbocycles. The molecule has 0 aliphatic rings. The van der Waals surface area contributed by atoms with Crippen molar-refractivity contribution in [3.8, 4) is 0 Å². The first kappa shape index (κ1) is 12.4. The Balaban J connectivity index is 3.20. The Kier molecular flexibility index (Phi) is 2.91. The number of hydrogen-bond donors (Lipinski definition) is 2. The summed E-state index contributed by atoms with van der Waals surface area (Å²) in [6, 6.07) is 1.60. The van der Waals surface area contributed by atoms with Crippen molar-refractivity contribution in [2.75, 3.05) is 0 Å². The molecule has 1 rings (SSSR count). The molecule has 1 unspecified atom stereocenters. The number of carbonyl (C=O) groups is 1. The van der Waals surface area contributed by atoms with E-state index < -0.39 is 29.0 Å². The molecular formula is C9H8F3NO3. The number of halogens is 3. The highest BCUT2D eigenvalue weighted by Gasteiger charge is 2.57. The van der Waals surface area contributed by atoms with Crippen molar-refractivity contribution in [3.63, 3.8) is 0 Å². The summed E-state index contributed by atoms with van der Waals surface area (Å²) in [7, 11) is 0. The molecule has 0 aliphatic carbocycles. The molecule has 0 amide bonds. The minimum atomic E-state index is -4.42. The van der Waals surface area contributed by atoms with Crippen LogP contribution in [-0.4, -0.2) is 27.1 Å². The summed E-state index contributed by atoms with van der Waals surface area (Å²) in [6.07, 6.45) is 0.613. The lowest BCUT2D eigenvalue weighted by molar-refractivity contribution is -0.208. The van der Waals surface area contributed by atoms with Crippen molar-refractivity contribution in [3.05, 3.63) is 29.8 Å². The van der Waals surface area contributed by atoms with Crippen LogP contribution in [0.3, 0.4) is 0 Å². The zero-order chi connectivity index (χ0) is 12.6. The van der Waals surface area contributed by atoms with Gasteiger partial charge in [0, 0.05) is 0 Å². The molecule has 16 heavy (non-hydrogen) atoms. The van der Waals surface area contributed by atoms with E-state index in [0.29, 0.717) is 13.1 Å². The average molecular weight is 235 g/mol. The van der Waals surface area contributed by atoms with Gasteiger partial charge in [0.15, 0.2) is 5.60 Å². The summed E-state index contributed by atoms with van der Waals surface area (Å²) >= 11 is 0. The first-order chi connectivity index (χ1) is 7.19. The highest BCUT2D eigenvalue weighted by Crippen LogP contribution is 2.36. The van der Waals surface area contributed by atoms with Gasteiger partial charge in [-0.25, -0.2) is 9.18 Å². The quantitative estimate of drug-likeness (QED) is 0.824. The summed E-state index contributed by atoms with van der Waals surface area (Å²) in [6.45, 7) is 0.599. The number of nitrogens with zero attached hydrogens (tertiary/aromatic N) is 1. The van der Waals surface area contributed by atoms with Crippen molar-refractivity contribution in [2.45, 2.75) is 18.4 Å². The van der Waals surface area contributed by atoms with Crippen molar-refractivity contribution >= 4 is 5.97 Å². The number of aliphatic hydroxyl groups is 1. The van der Waals surface area contributed by atoms with Gasteiger partial charge in [0.25, 0.3) is 0 Å². The van der Waals surface area contributed by atoms with E-state index in [9.17, 15) is 23.1 Å². The van der Waals surface area contributed by atoms with E-state index in [1.807, 2.05) is 0 Å². The van der Waals surface area contributed by atoms with Crippen LogP contribution >= 0.6 is 0 Å². The summed E-state index contributed by atoms with van der Waals surface area (Å²) in [5, 5.41) is 17.7. The van der Waals surface area contributed by atoms with Gasteiger partial charge < -0.3 is 10.2 Å². The van der Waals surface area contributed by atoms with E-state index in [0.717, 1.165) is 12.1 Å². The molecule has 0 aromatic carbocycles. The topological polar surface area (TPSA) is 70.4 Å². The van der Waals surface area contributed by atoms with Gasteiger partial charge in [0.1, 0.15) is 5.82 Å². The first-order valence-electron chi connectivity index (χ1n) is 4.15. The molecule has 1 heterocycles. The molecular weight excluding hydrogens is 227 g/mol. The van der Waals surface area contributed by atoms with E-state index in [2.05, 4.69) is 4.98 Å². The van der Waals surface area contributed by atoms with Gasteiger partial charge in [-0.2, -0.15) is 8.78 Å². The maximum Gasteiger partial charge on any atom is 0.378 e. The number of carboxylic acids is 1. The minimum absolute atomic E-state index is 0.599. The molecule has 0 aliphatic heterocycles. The Bertz CT molecular complexity index is 403. The number of aliphatic carboxylic acids is 1. The highest BCUT2D eigenvalue weighted by molar-refractivity contribution is 5.77. The zero-order valence-corrected chi connectivity index (χ0v) is 8.12. The summed E-state index contributed by atoms with van der Waals surface area (Å²) in [5.74, 6) is -7.68. The number of carboxylic acid groups (broad SMARTS) is 1. The fourth-order valence-corrected chi connectivity index (χ4v) is 1.03. The van der Waals surface area contributed by atoms with E-state index >= 15 is 0 Å². The molecule has 88 valence electrons. The van der Waals surface area contributed by atoms with Crippen LogP contribution in [0.15, 0.2) is 18.3 Å². The Morgan fingerprint density at radius 1 is 1.44 bits per heavy atom. The van der Waals surface area contributed by atoms with Crippen molar-refractivity contribution in [1.82, 2.24) is 4.98 Å². The summed E-state index contributed by atoms with van der Waals surface area (Å²) in [5.41, 5.74) is -3.63. The molecule has 1 aromatic heterocycles. The van der Waals surface area contributed by atoms with Crippen LogP contribution in [0.5, 0.6) is 0 Å². The van der Waals surface area contributed by atoms with Crippen LogP contribution in [0.4, 0.5) is 13.2 Å². The lowest BCUT2D eigenvalue weighted by Crippen LogP contribution is -2.49. The van der Waals surface area contributed by atoms with Crippen LogP contribution in [0.2, 0.25) is 0 Å². The van der Waals surface area contributed by atoms with Gasteiger partial charge in [-0.05, 0) is 19.1 Å². The number of hydrogen-bond acceptors (Lipinski definition) is 3. The van der Waals surface area contributed by atoms with Crippen molar-refractivity contribution in [1.29, 1.82) is 0 Å². The highest BCUT2D eigenvalue weighted by atomic mass is 19.3. The van der Waals surface area contributed by atoms with Crippen LogP contribution in [0, 0.1) is 5.82 Å². The molecule has 2 N–H and O–H groups in total. The van der Waals surface area contributed by atoms with Gasteiger partial charge >= 0.3 is 11.9 Å². The predicted octanol–water partition coefficient (Wildman–Crippen LogP) is 1.15. The normalized spacial score (nSPS) is 15.6. The van der Waals surface area contributed by atoms with Crippen LogP contribution in [0.1, 0.15) is 12.6 Å². The largest absolute Gasteiger partial charge is 0.477 e. The molecule has 0 radical (unpaired) electrons. The predicted molar refractivity (Wildman–Crippen MR) is 46.3 cm³/mol. The molecule has 1 atom stereocenters. The molecule has 0 saturated heterocycles. The standard InChI is InChI=1S/C9H8F3NO3/c1-8(16,9(11,12)7(14)15)6-3-2-5(10)4-13-6/h2-4,16H,1H3,(H,14,15). The van der Waals surface area contributed by atoms with Gasteiger partial charge in [-0.3, -0.25) is 4.98 Å². The van der Waals surface area contributed by atoms with Crippen LogP contribution in [0.25, 0.3) is 0 Å². The SMILES string of the molecule is CC(O)(c1ccc(F)cn1)C(F)(F)C(=O)O. The maximum absolute atomic E-state index is 13.1. The second kappa shape index (κ2) is 3.75. The number of rotatable bonds is 3. The van der Waals surface area contributed by atoms with Gasteiger partial charge in [0.05, 0.1) is 11.9 Å². The third-order valence-corrected chi connectivity index (χ3v) is 2.11. The Labute approximate surface area is 88.4 Å². The third-order valence-electron chi connectivity index (χ3n) is 2.11. The summed E-state index contributed by atoms with van der Waals surface area (Å²) < 4.78 is 38.7. The van der Waals surface area contributed by atoms with E-state index in [4.69, 9.17) is 5.11 Å². The maximum atomic E-state index is 13.1. The molecule has 0 spiro atoms. The molecule has 4 nitrogen and oxygen atoms in total. The molecule has 1 aromatic rings. The Hall–Kier alpha value is -1.63. The fraction of sp³-hybridized carbons (Fsp3) is 0.333. The van der Waals surface area contributed by atoms with E-state index in [1.165, 1.54) is 0 Å². The van der Waals surface area contributed by atoms with Crippen LogP contribution < -0.4 is 0 Å². The number of pyridine rings is 1. The lowest BCUT2D eigenvalue weighted by atomic mass is 9.93. The van der Waals surface area contributed by atoms with Gasteiger partial charge in [-0.15, -0.1) is 0 Å². The molecule has 0 fully saturated rings. The fourth-order valence-electron chi connectivity index (χ4n) is 1.03. The first-order valence-corrected chi connectivity index (χ1v) is 4.15. The second-order valence-electron chi connectivity index (χ2n) is 3.31. The van der Waals surface area contributed by atoms with E-state index in [1.54, 1.807) is 0 Å².